The van der Waals surface area contributed by atoms with Gasteiger partial charge in [0.15, 0.2) is 17.7 Å². The van der Waals surface area contributed by atoms with Gasteiger partial charge in [-0.3, -0.25) is 9.69 Å². The minimum absolute atomic E-state index is 0.0556. The number of methoxy groups -OCH3 is 1. The van der Waals surface area contributed by atoms with Crippen molar-refractivity contribution in [3.05, 3.63) is 54.4 Å². The van der Waals surface area contributed by atoms with Crippen LogP contribution in [0, 0.1) is 0 Å². The third kappa shape index (κ3) is 5.17. The van der Waals surface area contributed by atoms with Crippen LogP contribution in [0.5, 0.6) is 11.5 Å². The summed E-state index contributed by atoms with van der Waals surface area (Å²) < 4.78 is 17.3. The molecule has 0 spiro atoms. The molecule has 3 atom stereocenters. The highest BCUT2D eigenvalue weighted by molar-refractivity contribution is 5.91. The first-order chi connectivity index (χ1) is 16.0. The number of nitrogens with zero attached hydrogens (tertiary/aromatic N) is 3. The summed E-state index contributed by atoms with van der Waals surface area (Å²) >= 11 is 0. The van der Waals surface area contributed by atoms with Crippen LogP contribution in [0.3, 0.4) is 0 Å². The second kappa shape index (κ2) is 10.0. The maximum atomic E-state index is 11.9. The third-order valence-electron chi connectivity index (χ3n) is 5.75. The van der Waals surface area contributed by atoms with Gasteiger partial charge in [0.2, 0.25) is 0 Å². The van der Waals surface area contributed by atoms with Crippen LogP contribution in [0.25, 0.3) is 10.9 Å². The highest BCUT2D eigenvalue weighted by Gasteiger charge is 2.30. The van der Waals surface area contributed by atoms with Crippen LogP contribution in [0.1, 0.15) is 38.8 Å². The van der Waals surface area contributed by atoms with Crippen molar-refractivity contribution in [2.24, 2.45) is 0 Å². The number of cyclic esters (lactones) is 1. The molecule has 3 aromatic rings. The van der Waals surface area contributed by atoms with Crippen molar-refractivity contribution in [2.75, 3.05) is 25.5 Å². The van der Waals surface area contributed by atoms with Crippen molar-refractivity contribution < 1.29 is 19.0 Å². The Hall–Kier alpha value is -3.39. The van der Waals surface area contributed by atoms with Crippen molar-refractivity contribution >= 4 is 22.7 Å². The summed E-state index contributed by atoms with van der Waals surface area (Å²) in [7, 11) is 1.60. The second-order valence-electron chi connectivity index (χ2n) is 8.23. The van der Waals surface area contributed by atoms with Crippen LogP contribution in [0.15, 0.2) is 48.8 Å². The van der Waals surface area contributed by atoms with E-state index in [2.05, 4.69) is 34.3 Å². The van der Waals surface area contributed by atoms with E-state index in [-0.39, 0.29) is 30.9 Å². The predicted octanol–water partition coefficient (Wildman–Crippen LogP) is 4.17. The molecule has 33 heavy (non-hydrogen) atoms. The fourth-order valence-electron chi connectivity index (χ4n) is 4.10. The molecule has 0 radical (unpaired) electrons. The van der Waals surface area contributed by atoms with E-state index in [1.807, 2.05) is 49.1 Å². The number of aromatic nitrogens is 2. The average Bonchev–Trinajstić information content (AvgIpc) is 2.82. The van der Waals surface area contributed by atoms with Gasteiger partial charge in [0.05, 0.1) is 19.2 Å². The maximum absolute atomic E-state index is 11.9. The number of nitrogens with one attached hydrogen (secondary N) is 1. The van der Waals surface area contributed by atoms with Crippen LogP contribution in [0.4, 0.5) is 5.82 Å². The molecule has 2 aromatic carbocycles. The van der Waals surface area contributed by atoms with Gasteiger partial charge in [0, 0.05) is 24.0 Å². The smallest absolute Gasteiger partial charge is 0.320 e. The molecule has 1 N–H and O–H groups in total. The van der Waals surface area contributed by atoms with E-state index in [0.29, 0.717) is 30.3 Å². The predicted molar refractivity (Wildman–Crippen MR) is 126 cm³/mol. The normalized spacial score (nSPS) is 18.4. The molecule has 8 nitrogen and oxygen atoms in total. The lowest BCUT2D eigenvalue weighted by atomic mass is 10.1. The number of fused-ring (bicyclic) bond motifs is 1. The highest BCUT2D eigenvalue weighted by Crippen LogP contribution is 2.36. The monoisotopic (exact) mass is 450 g/mol. The second-order valence-corrected chi connectivity index (χ2v) is 8.23. The number of anilines is 1. The van der Waals surface area contributed by atoms with Gasteiger partial charge in [0.25, 0.3) is 0 Å². The Labute approximate surface area is 193 Å². The molecule has 2 heterocycles. The number of morpholine rings is 1. The van der Waals surface area contributed by atoms with Crippen molar-refractivity contribution in [1.82, 2.24) is 14.9 Å². The molecule has 174 valence electrons. The summed E-state index contributed by atoms with van der Waals surface area (Å²) in [6, 6.07) is 14.0. The molecule has 0 aliphatic carbocycles. The summed E-state index contributed by atoms with van der Waals surface area (Å²) in [4.78, 5) is 22.9. The van der Waals surface area contributed by atoms with Gasteiger partial charge in [-0.1, -0.05) is 37.3 Å². The first-order valence-corrected chi connectivity index (χ1v) is 11.2. The lowest BCUT2D eigenvalue weighted by Crippen LogP contribution is -2.50. The number of ether oxygens (including phenoxy) is 3. The molecule has 1 saturated heterocycles. The minimum Gasteiger partial charge on any atom is -0.493 e. The molecule has 8 heteroatoms. The van der Waals surface area contributed by atoms with E-state index in [0.717, 1.165) is 16.5 Å². The Morgan fingerprint density at radius 1 is 1.21 bits per heavy atom. The van der Waals surface area contributed by atoms with Crippen LogP contribution >= 0.6 is 0 Å². The van der Waals surface area contributed by atoms with Crippen molar-refractivity contribution in [3.8, 4) is 11.5 Å². The summed E-state index contributed by atoms with van der Waals surface area (Å²) in [6.07, 6.45) is 1.77. The molecule has 1 aromatic heterocycles. The first-order valence-electron chi connectivity index (χ1n) is 11.2. The summed E-state index contributed by atoms with van der Waals surface area (Å²) in [5.74, 6) is 1.63. The molecule has 0 bridgehead atoms. The van der Waals surface area contributed by atoms with Crippen LogP contribution in [0.2, 0.25) is 0 Å². The number of hydrogen-bond donors (Lipinski definition) is 1. The zero-order chi connectivity index (χ0) is 23.4. The molecule has 4 rings (SSSR count). The zero-order valence-corrected chi connectivity index (χ0v) is 19.4. The largest absolute Gasteiger partial charge is 0.493 e. The van der Waals surface area contributed by atoms with Gasteiger partial charge in [-0.25, -0.2) is 9.97 Å². The van der Waals surface area contributed by atoms with Gasteiger partial charge in [0.1, 0.15) is 18.2 Å². The molecular weight excluding hydrogens is 420 g/mol. The Morgan fingerprint density at radius 2 is 2.00 bits per heavy atom. The van der Waals surface area contributed by atoms with Gasteiger partial charge in [-0.15, -0.1) is 0 Å². The number of carbonyl (C=O) groups excluding carboxylic acids is 1. The van der Waals surface area contributed by atoms with Gasteiger partial charge < -0.3 is 19.5 Å². The number of carbonyl (C=O) groups is 1. The van der Waals surface area contributed by atoms with Gasteiger partial charge in [-0.2, -0.15) is 0 Å². The topological polar surface area (TPSA) is 85.8 Å². The lowest BCUT2D eigenvalue weighted by molar-refractivity contribution is -0.163. The van der Waals surface area contributed by atoms with E-state index < -0.39 is 0 Å². The van der Waals surface area contributed by atoms with E-state index in [4.69, 9.17) is 14.2 Å². The molecule has 0 saturated carbocycles. The SMILES string of the molecule is CCC(Oc1cc2c(NC(C)c3ccccc3)ncnc2cc1OC)N1CC(=O)OC(C)C1. The first kappa shape index (κ1) is 22.8. The Bertz CT molecular complexity index is 1110. The Morgan fingerprint density at radius 3 is 2.70 bits per heavy atom. The van der Waals surface area contributed by atoms with E-state index in [9.17, 15) is 4.79 Å². The van der Waals surface area contributed by atoms with Crippen LogP contribution in [-0.4, -0.2) is 53.4 Å². The van der Waals surface area contributed by atoms with Gasteiger partial charge in [-0.05, 0) is 31.9 Å². The summed E-state index contributed by atoms with van der Waals surface area (Å²) in [6.45, 7) is 6.82. The summed E-state index contributed by atoms with van der Waals surface area (Å²) in [5.41, 5.74) is 1.91. The molecule has 0 amide bonds. The summed E-state index contributed by atoms with van der Waals surface area (Å²) in [5, 5.41) is 4.32. The maximum Gasteiger partial charge on any atom is 0.320 e. The molecular formula is C25H30N4O4. The van der Waals surface area contributed by atoms with E-state index >= 15 is 0 Å². The number of benzene rings is 2. The van der Waals surface area contributed by atoms with Crippen molar-refractivity contribution in [1.29, 1.82) is 0 Å². The fraction of sp³-hybridized carbons (Fsp3) is 0.400. The number of rotatable bonds is 8. The fourth-order valence-corrected chi connectivity index (χ4v) is 4.10. The lowest BCUT2D eigenvalue weighted by Gasteiger charge is -2.36. The van der Waals surface area contributed by atoms with Gasteiger partial charge >= 0.3 is 5.97 Å². The minimum atomic E-state index is -0.295. The molecule has 1 fully saturated rings. The van der Waals surface area contributed by atoms with Crippen LogP contribution in [-0.2, 0) is 9.53 Å². The Balaban J connectivity index is 1.65. The highest BCUT2D eigenvalue weighted by atomic mass is 16.6. The Kier molecular flexibility index (Phi) is 6.93. The molecule has 3 unspecified atom stereocenters. The average molecular weight is 451 g/mol. The zero-order valence-electron chi connectivity index (χ0n) is 19.4. The van der Waals surface area contributed by atoms with E-state index in [1.54, 1.807) is 7.11 Å². The van der Waals surface area contributed by atoms with E-state index in [1.165, 1.54) is 6.33 Å². The molecule has 1 aliphatic rings. The molecule has 1 aliphatic heterocycles. The number of hydrogen-bond acceptors (Lipinski definition) is 8. The third-order valence-corrected chi connectivity index (χ3v) is 5.75. The van der Waals surface area contributed by atoms with Crippen molar-refractivity contribution in [3.63, 3.8) is 0 Å². The standard InChI is InChI=1S/C25H30N4O4/c1-5-23(29-13-16(2)32-24(30)14-29)33-22-11-19-20(12-21(22)31-4)26-15-27-25(19)28-17(3)18-9-7-6-8-10-18/h6-12,15-17,23H,5,13-14H2,1-4H3,(H,26,27,28). The number of esters is 1. The van der Waals surface area contributed by atoms with Crippen LogP contribution < -0.4 is 14.8 Å². The quantitative estimate of drug-likeness (QED) is 0.512. The van der Waals surface area contributed by atoms with Crippen molar-refractivity contribution in [2.45, 2.75) is 45.6 Å².